The quantitative estimate of drug-likeness (QED) is 0.839. The van der Waals surface area contributed by atoms with Gasteiger partial charge in [-0.1, -0.05) is 6.07 Å². The van der Waals surface area contributed by atoms with Gasteiger partial charge in [0.25, 0.3) is 0 Å². The van der Waals surface area contributed by atoms with Gasteiger partial charge in [0.05, 0.1) is 5.52 Å². The Balaban J connectivity index is 2.04. The summed E-state index contributed by atoms with van der Waals surface area (Å²) in [6.07, 6.45) is 2.34. The summed E-state index contributed by atoms with van der Waals surface area (Å²) in [5, 5.41) is 1.06. The Labute approximate surface area is 105 Å². The van der Waals surface area contributed by atoms with Gasteiger partial charge >= 0.3 is 0 Å². The standard InChI is InChI=1S/C14H17N3O/c15-9-12-2-1-7-17(12)11-5-3-10-4-6-14(18)16-13(10)8-11/h3-6,8,12H,1-2,7,9,15H2,(H,16,18)/t12-/m0/s1. The van der Waals surface area contributed by atoms with Crippen molar-refractivity contribution in [2.45, 2.75) is 18.9 Å². The Hall–Kier alpha value is -1.81. The van der Waals surface area contributed by atoms with Crippen molar-refractivity contribution in [1.82, 2.24) is 4.98 Å². The minimum atomic E-state index is -0.0588. The molecule has 0 spiro atoms. The van der Waals surface area contributed by atoms with E-state index < -0.39 is 0 Å². The van der Waals surface area contributed by atoms with Gasteiger partial charge in [0.1, 0.15) is 0 Å². The first-order chi connectivity index (χ1) is 8.78. The molecule has 3 N–H and O–H groups in total. The summed E-state index contributed by atoms with van der Waals surface area (Å²) >= 11 is 0. The Morgan fingerprint density at radius 1 is 1.33 bits per heavy atom. The fourth-order valence-electron chi connectivity index (χ4n) is 2.74. The van der Waals surface area contributed by atoms with E-state index in [4.69, 9.17) is 5.73 Å². The zero-order valence-corrected chi connectivity index (χ0v) is 10.2. The molecular weight excluding hydrogens is 226 g/mol. The van der Waals surface area contributed by atoms with Crippen LogP contribution in [0.15, 0.2) is 35.1 Å². The van der Waals surface area contributed by atoms with E-state index in [0.717, 1.165) is 29.6 Å². The second kappa shape index (κ2) is 4.46. The van der Waals surface area contributed by atoms with Crippen LogP contribution in [0.3, 0.4) is 0 Å². The van der Waals surface area contributed by atoms with Crippen molar-refractivity contribution in [3.63, 3.8) is 0 Å². The zero-order chi connectivity index (χ0) is 12.5. The highest BCUT2D eigenvalue weighted by atomic mass is 16.1. The van der Waals surface area contributed by atoms with Crippen LogP contribution in [0.2, 0.25) is 0 Å². The molecule has 0 aliphatic carbocycles. The minimum absolute atomic E-state index is 0.0588. The van der Waals surface area contributed by atoms with Gasteiger partial charge in [-0.15, -0.1) is 0 Å². The van der Waals surface area contributed by atoms with Crippen LogP contribution in [0.5, 0.6) is 0 Å². The van der Waals surface area contributed by atoms with E-state index in [0.29, 0.717) is 12.6 Å². The lowest BCUT2D eigenvalue weighted by atomic mass is 10.1. The molecule has 0 radical (unpaired) electrons. The van der Waals surface area contributed by atoms with E-state index in [9.17, 15) is 4.79 Å². The molecule has 0 saturated carbocycles. The molecular formula is C14H17N3O. The molecule has 18 heavy (non-hydrogen) atoms. The highest BCUT2D eigenvalue weighted by molar-refractivity contribution is 5.82. The Morgan fingerprint density at radius 2 is 2.17 bits per heavy atom. The summed E-state index contributed by atoms with van der Waals surface area (Å²) < 4.78 is 0. The Bertz CT molecular complexity index is 620. The lowest BCUT2D eigenvalue weighted by Crippen LogP contribution is -2.35. The molecule has 0 amide bonds. The van der Waals surface area contributed by atoms with Crippen LogP contribution in [-0.4, -0.2) is 24.1 Å². The lowest BCUT2D eigenvalue weighted by molar-refractivity contribution is 0.677. The van der Waals surface area contributed by atoms with Gasteiger partial charge in [0.15, 0.2) is 0 Å². The SMILES string of the molecule is NC[C@@H]1CCCN1c1ccc2ccc(=O)[nH]c2c1. The number of aromatic amines is 1. The third-order valence-corrected chi connectivity index (χ3v) is 3.69. The van der Waals surface area contributed by atoms with Crippen LogP contribution in [-0.2, 0) is 0 Å². The third kappa shape index (κ3) is 1.88. The van der Waals surface area contributed by atoms with Crippen LogP contribution in [0, 0.1) is 0 Å². The van der Waals surface area contributed by atoms with Gasteiger partial charge in [-0.25, -0.2) is 0 Å². The van der Waals surface area contributed by atoms with Gasteiger partial charge < -0.3 is 15.6 Å². The largest absolute Gasteiger partial charge is 0.367 e. The number of nitrogens with two attached hydrogens (primary N) is 1. The fraction of sp³-hybridized carbons (Fsp3) is 0.357. The van der Waals surface area contributed by atoms with E-state index in [1.165, 1.54) is 6.42 Å². The molecule has 1 atom stereocenters. The topological polar surface area (TPSA) is 62.1 Å². The summed E-state index contributed by atoms with van der Waals surface area (Å²) in [4.78, 5) is 16.6. The molecule has 1 fully saturated rings. The number of hydrogen-bond donors (Lipinski definition) is 2. The average Bonchev–Trinajstić information content (AvgIpc) is 2.86. The van der Waals surface area contributed by atoms with Crippen molar-refractivity contribution < 1.29 is 0 Å². The second-order valence-corrected chi connectivity index (χ2v) is 4.82. The summed E-state index contributed by atoms with van der Waals surface area (Å²) in [6, 6.07) is 10.0. The van der Waals surface area contributed by atoms with E-state index in [1.54, 1.807) is 6.07 Å². The van der Waals surface area contributed by atoms with Gasteiger partial charge in [0, 0.05) is 30.9 Å². The number of fused-ring (bicyclic) bond motifs is 1. The van der Waals surface area contributed by atoms with Crippen LogP contribution < -0.4 is 16.2 Å². The maximum absolute atomic E-state index is 11.3. The highest BCUT2D eigenvalue weighted by Gasteiger charge is 2.23. The smallest absolute Gasteiger partial charge is 0.248 e. The number of pyridine rings is 1. The first kappa shape index (κ1) is 11.3. The van der Waals surface area contributed by atoms with Gasteiger partial charge in [-0.05, 0) is 36.4 Å². The molecule has 2 heterocycles. The number of rotatable bonds is 2. The molecule has 1 aliphatic rings. The molecule has 1 aliphatic heterocycles. The molecule has 3 rings (SSSR count). The first-order valence-corrected chi connectivity index (χ1v) is 6.38. The van der Waals surface area contributed by atoms with Crippen LogP contribution >= 0.6 is 0 Å². The monoisotopic (exact) mass is 243 g/mol. The number of hydrogen-bond acceptors (Lipinski definition) is 3. The summed E-state index contributed by atoms with van der Waals surface area (Å²) in [5.41, 5.74) is 7.78. The van der Waals surface area contributed by atoms with Crippen molar-refractivity contribution in [3.05, 3.63) is 40.7 Å². The molecule has 0 unspecified atom stereocenters. The molecule has 94 valence electrons. The molecule has 4 nitrogen and oxygen atoms in total. The van der Waals surface area contributed by atoms with Gasteiger partial charge in [-0.3, -0.25) is 4.79 Å². The molecule has 1 aromatic carbocycles. The fourth-order valence-corrected chi connectivity index (χ4v) is 2.74. The van der Waals surface area contributed by atoms with Crippen molar-refractivity contribution in [2.75, 3.05) is 18.0 Å². The average molecular weight is 243 g/mol. The summed E-state index contributed by atoms with van der Waals surface area (Å²) in [6.45, 7) is 1.73. The predicted octanol–water partition coefficient (Wildman–Crippen LogP) is 1.46. The molecule has 4 heteroatoms. The van der Waals surface area contributed by atoms with Crippen molar-refractivity contribution >= 4 is 16.6 Å². The zero-order valence-electron chi connectivity index (χ0n) is 10.2. The number of H-pyrrole nitrogens is 1. The highest BCUT2D eigenvalue weighted by Crippen LogP contribution is 2.27. The van der Waals surface area contributed by atoms with E-state index in [-0.39, 0.29) is 5.56 Å². The summed E-state index contributed by atoms with van der Waals surface area (Å²) in [5.74, 6) is 0. The molecule has 1 aromatic heterocycles. The molecule has 0 bridgehead atoms. The van der Waals surface area contributed by atoms with Crippen molar-refractivity contribution in [3.8, 4) is 0 Å². The van der Waals surface area contributed by atoms with Gasteiger partial charge in [0.2, 0.25) is 5.56 Å². The van der Waals surface area contributed by atoms with E-state index in [1.807, 2.05) is 18.2 Å². The minimum Gasteiger partial charge on any atom is -0.367 e. The number of nitrogens with zero attached hydrogens (tertiary/aromatic N) is 1. The van der Waals surface area contributed by atoms with E-state index >= 15 is 0 Å². The van der Waals surface area contributed by atoms with Gasteiger partial charge in [-0.2, -0.15) is 0 Å². The Morgan fingerprint density at radius 3 is 3.00 bits per heavy atom. The number of benzene rings is 1. The van der Waals surface area contributed by atoms with Crippen LogP contribution in [0.1, 0.15) is 12.8 Å². The van der Waals surface area contributed by atoms with Crippen LogP contribution in [0.25, 0.3) is 10.9 Å². The third-order valence-electron chi connectivity index (χ3n) is 3.69. The van der Waals surface area contributed by atoms with Crippen molar-refractivity contribution in [2.24, 2.45) is 5.73 Å². The number of nitrogens with one attached hydrogen (secondary N) is 1. The first-order valence-electron chi connectivity index (χ1n) is 6.38. The normalized spacial score (nSPS) is 19.6. The maximum Gasteiger partial charge on any atom is 0.248 e. The predicted molar refractivity (Wildman–Crippen MR) is 74.0 cm³/mol. The lowest BCUT2D eigenvalue weighted by Gasteiger charge is -2.25. The molecule has 2 aromatic rings. The Kier molecular flexibility index (Phi) is 2.80. The number of aromatic nitrogens is 1. The van der Waals surface area contributed by atoms with E-state index in [2.05, 4.69) is 16.0 Å². The molecule has 1 saturated heterocycles. The number of anilines is 1. The summed E-state index contributed by atoms with van der Waals surface area (Å²) in [7, 11) is 0. The van der Waals surface area contributed by atoms with Crippen molar-refractivity contribution in [1.29, 1.82) is 0 Å². The maximum atomic E-state index is 11.3. The second-order valence-electron chi connectivity index (χ2n) is 4.82. The van der Waals surface area contributed by atoms with Crippen LogP contribution in [0.4, 0.5) is 5.69 Å².